The standard InChI is InChI=1S/C48H36N4OS/c1-30-23-24-39-43(42-36(19-12-21-38(42)53-39)46-49-37-20-9-10-22-40(37)54-46)41(30)45-50-44(35-18-11-17-34(29-35)32-15-7-4-8-16-32)51-47(52-45)48(2)27-25-33(26-28-48)31-13-5-3-6-14-31/h3-27,29-30,41H,28H2,1-2H3. The summed E-state index contributed by atoms with van der Waals surface area (Å²) in [6, 6.07) is 44.1. The summed E-state index contributed by atoms with van der Waals surface area (Å²) in [5, 5.41) is 2.04. The largest absolute Gasteiger partial charge is 0.456 e. The lowest BCUT2D eigenvalue weighted by molar-refractivity contribution is 0.518. The summed E-state index contributed by atoms with van der Waals surface area (Å²) in [7, 11) is 0. The van der Waals surface area contributed by atoms with Gasteiger partial charge in [0.15, 0.2) is 5.82 Å². The first-order valence-electron chi connectivity index (χ1n) is 18.5. The molecule has 10 rings (SSSR count). The molecule has 3 heterocycles. The number of aromatic nitrogens is 4. The molecule has 8 aromatic rings. The number of para-hydroxylation sites is 1. The topological polar surface area (TPSA) is 64.7 Å². The molecule has 5 aromatic carbocycles. The summed E-state index contributed by atoms with van der Waals surface area (Å²) in [4.78, 5) is 21.2. The van der Waals surface area contributed by atoms with E-state index in [0.29, 0.717) is 5.82 Å². The molecule has 3 atom stereocenters. The van der Waals surface area contributed by atoms with E-state index in [2.05, 4.69) is 159 Å². The molecule has 0 amide bonds. The highest BCUT2D eigenvalue weighted by Gasteiger charge is 2.36. The van der Waals surface area contributed by atoms with Crippen molar-refractivity contribution in [1.29, 1.82) is 0 Å². The molecule has 0 N–H and O–H groups in total. The van der Waals surface area contributed by atoms with Gasteiger partial charge in [-0.05, 0) is 71.9 Å². The molecule has 0 bridgehead atoms. The monoisotopic (exact) mass is 716 g/mol. The molecule has 3 aromatic heterocycles. The van der Waals surface area contributed by atoms with E-state index in [-0.39, 0.29) is 11.8 Å². The van der Waals surface area contributed by atoms with Gasteiger partial charge in [0.1, 0.15) is 28.0 Å². The summed E-state index contributed by atoms with van der Waals surface area (Å²) in [6.07, 6.45) is 11.9. The van der Waals surface area contributed by atoms with Gasteiger partial charge in [0.2, 0.25) is 0 Å². The number of benzene rings is 5. The third kappa shape index (κ3) is 5.62. The van der Waals surface area contributed by atoms with E-state index in [4.69, 9.17) is 24.4 Å². The predicted molar refractivity (Wildman–Crippen MR) is 221 cm³/mol. The molecule has 0 aliphatic heterocycles. The van der Waals surface area contributed by atoms with E-state index in [1.54, 1.807) is 11.3 Å². The Labute approximate surface area is 318 Å². The zero-order valence-electron chi connectivity index (χ0n) is 30.0. The fourth-order valence-electron chi connectivity index (χ4n) is 7.89. The van der Waals surface area contributed by atoms with Crippen LogP contribution in [0, 0.1) is 5.92 Å². The van der Waals surface area contributed by atoms with E-state index < -0.39 is 5.41 Å². The molecule has 54 heavy (non-hydrogen) atoms. The highest BCUT2D eigenvalue weighted by Crippen LogP contribution is 2.48. The maximum atomic E-state index is 6.63. The summed E-state index contributed by atoms with van der Waals surface area (Å²) in [6.45, 7) is 4.48. The van der Waals surface area contributed by atoms with Gasteiger partial charge in [-0.25, -0.2) is 19.9 Å². The molecule has 2 aliphatic rings. The van der Waals surface area contributed by atoms with Gasteiger partial charge in [0, 0.05) is 27.5 Å². The van der Waals surface area contributed by atoms with Crippen LogP contribution in [-0.2, 0) is 5.41 Å². The van der Waals surface area contributed by atoms with Crippen molar-refractivity contribution in [2.75, 3.05) is 0 Å². The van der Waals surface area contributed by atoms with Gasteiger partial charge >= 0.3 is 0 Å². The Kier molecular flexibility index (Phi) is 7.81. The minimum atomic E-state index is -0.442. The van der Waals surface area contributed by atoms with Gasteiger partial charge in [-0.15, -0.1) is 11.3 Å². The van der Waals surface area contributed by atoms with Crippen LogP contribution in [0.15, 0.2) is 156 Å². The number of hydrogen-bond acceptors (Lipinski definition) is 6. The van der Waals surface area contributed by atoms with E-state index in [1.807, 2.05) is 12.1 Å². The lowest BCUT2D eigenvalue weighted by atomic mass is 9.78. The van der Waals surface area contributed by atoms with Crippen molar-refractivity contribution in [1.82, 2.24) is 19.9 Å². The summed E-state index contributed by atoms with van der Waals surface area (Å²) < 4.78 is 7.79. The van der Waals surface area contributed by atoms with E-state index in [1.165, 1.54) is 11.1 Å². The average Bonchev–Trinajstić information content (AvgIpc) is 3.84. The van der Waals surface area contributed by atoms with Crippen LogP contribution in [0.25, 0.3) is 65.9 Å². The first-order chi connectivity index (χ1) is 26.5. The molecule has 0 spiro atoms. The SMILES string of the molecule is CC1C=Cc2oc3cccc(-c4nc5ccccc5s4)c3c2C1c1nc(-c2cccc(-c3ccccc3)c2)nc(C2(C)C=CC(c3ccccc3)=CC2)n1. The third-order valence-corrected chi connectivity index (χ3v) is 11.9. The quantitative estimate of drug-likeness (QED) is 0.171. The molecule has 6 heteroatoms. The molecule has 3 unspecified atom stereocenters. The summed E-state index contributed by atoms with van der Waals surface area (Å²) in [5.74, 6) is 2.94. The number of nitrogens with zero attached hydrogens (tertiary/aromatic N) is 4. The fourth-order valence-corrected chi connectivity index (χ4v) is 8.89. The number of allylic oxidation sites excluding steroid dienone is 5. The molecule has 0 saturated heterocycles. The second kappa shape index (κ2) is 13.0. The molecule has 0 saturated carbocycles. The Hall–Kier alpha value is -6.24. The van der Waals surface area contributed by atoms with Crippen LogP contribution in [-0.4, -0.2) is 19.9 Å². The highest BCUT2D eigenvalue weighted by atomic mass is 32.1. The van der Waals surface area contributed by atoms with Crippen molar-refractivity contribution in [3.63, 3.8) is 0 Å². The van der Waals surface area contributed by atoms with Crippen LogP contribution >= 0.6 is 11.3 Å². The predicted octanol–water partition coefficient (Wildman–Crippen LogP) is 12.3. The van der Waals surface area contributed by atoms with Gasteiger partial charge in [-0.3, -0.25) is 0 Å². The Balaban J connectivity index is 1.15. The molecule has 0 radical (unpaired) electrons. The lowest BCUT2D eigenvalue weighted by Crippen LogP contribution is -2.27. The molecular formula is C48H36N4OS. The average molecular weight is 717 g/mol. The van der Waals surface area contributed by atoms with Crippen molar-refractivity contribution in [3.05, 3.63) is 180 Å². The van der Waals surface area contributed by atoms with Crippen LogP contribution in [0.1, 0.15) is 54.7 Å². The zero-order chi connectivity index (χ0) is 36.2. The Bertz CT molecular complexity index is 2760. The van der Waals surface area contributed by atoms with Crippen LogP contribution in [0.2, 0.25) is 0 Å². The van der Waals surface area contributed by atoms with Crippen molar-refractivity contribution in [2.24, 2.45) is 5.92 Å². The van der Waals surface area contributed by atoms with Crippen molar-refractivity contribution in [2.45, 2.75) is 31.6 Å². The van der Waals surface area contributed by atoms with Crippen LogP contribution < -0.4 is 0 Å². The first kappa shape index (κ1) is 32.4. The Morgan fingerprint density at radius 1 is 0.704 bits per heavy atom. The van der Waals surface area contributed by atoms with Crippen molar-refractivity contribution >= 4 is 44.2 Å². The number of thiazole rings is 1. The summed E-state index contributed by atoms with van der Waals surface area (Å²) >= 11 is 1.71. The van der Waals surface area contributed by atoms with Gasteiger partial charge in [0.25, 0.3) is 0 Å². The van der Waals surface area contributed by atoms with E-state index >= 15 is 0 Å². The highest BCUT2D eigenvalue weighted by molar-refractivity contribution is 7.21. The summed E-state index contributed by atoms with van der Waals surface area (Å²) in [5.41, 5.74) is 9.21. The minimum Gasteiger partial charge on any atom is -0.456 e. The van der Waals surface area contributed by atoms with E-state index in [9.17, 15) is 0 Å². The molecule has 5 nitrogen and oxygen atoms in total. The number of furan rings is 1. The first-order valence-corrected chi connectivity index (χ1v) is 19.3. The number of fused-ring (bicyclic) bond motifs is 4. The minimum absolute atomic E-state index is 0.0970. The lowest BCUT2D eigenvalue weighted by Gasteiger charge is -2.29. The molecule has 260 valence electrons. The van der Waals surface area contributed by atoms with Crippen molar-refractivity contribution in [3.8, 4) is 33.1 Å². The van der Waals surface area contributed by atoms with Gasteiger partial charge < -0.3 is 4.42 Å². The second-order valence-electron chi connectivity index (χ2n) is 14.5. The van der Waals surface area contributed by atoms with Gasteiger partial charge in [-0.2, -0.15) is 0 Å². The fraction of sp³-hybridized carbons (Fsp3) is 0.125. The zero-order valence-corrected chi connectivity index (χ0v) is 30.8. The Morgan fingerprint density at radius 3 is 2.24 bits per heavy atom. The Morgan fingerprint density at radius 2 is 1.44 bits per heavy atom. The molecular weight excluding hydrogens is 681 g/mol. The maximum absolute atomic E-state index is 6.63. The normalized spacial score (nSPS) is 19.3. The van der Waals surface area contributed by atoms with Crippen LogP contribution in [0.4, 0.5) is 0 Å². The van der Waals surface area contributed by atoms with Gasteiger partial charge in [-0.1, -0.05) is 134 Å². The number of hydrogen-bond donors (Lipinski definition) is 0. The van der Waals surface area contributed by atoms with Gasteiger partial charge in [0.05, 0.1) is 16.1 Å². The smallest absolute Gasteiger partial charge is 0.163 e. The maximum Gasteiger partial charge on any atom is 0.163 e. The number of rotatable bonds is 6. The van der Waals surface area contributed by atoms with Crippen LogP contribution in [0.3, 0.4) is 0 Å². The third-order valence-electron chi connectivity index (χ3n) is 10.8. The van der Waals surface area contributed by atoms with Crippen molar-refractivity contribution < 1.29 is 4.42 Å². The van der Waals surface area contributed by atoms with Crippen LogP contribution in [0.5, 0.6) is 0 Å². The second-order valence-corrected chi connectivity index (χ2v) is 15.5. The molecule has 2 aliphatic carbocycles. The van der Waals surface area contributed by atoms with E-state index in [0.717, 1.165) is 77.8 Å². The molecule has 0 fully saturated rings.